The SMILES string of the molecule is CC(C)OCC(=O)N1CCCC1=S. The van der Waals surface area contributed by atoms with E-state index in [1.807, 2.05) is 13.8 Å². The summed E-state index contributed by atoms with van der Waals surface area (Å²) in [4.78, 5) is 13.9. The number of carbonyl (C=O) groups excluding carboxylic acids is 1. The molecule has 0 N–H and O–H groups in total. The third-order valence-corrected chi connectivity index (χ3v) is 2.34. The summed E-state index contributed by atoms with van der Waals surface area (Å²) in [5.41, 5.74) is 0. The fourth-order valence-corrected chi connectivity index (χ4v) is 1.57. The zero-order chi connectivity index (χ0) is 9.84. The lowest BCUT2D eigenvalue weighted by Gasteiger charge is -2.16. The van der Waals surface area contributed by atoms with E-state index in [2.05, 4.69) is 0 Å². The molecule has 3 nitrogen and oxygen atoms in total. The van der Waals surface area contributed by atoms with Crippen molar-refractivity contribution < 1.29 is 9.53 Å². The van der Waals surface area contributed by atoms with Crippen molar-refractivity contribution in [1.29, 1.82) is 0 Å². The number of amides is 1. The molecule has 74 valence electrons. The summed E-state index contributed by atoms with van der Waals surface area (Å²) < 4.78 is 5.21. The molecule has 0 bridgehead atoms. The predicted octanol–water partition coefficient (Wildman–Crippen LogP) is 1.36. The average molecular weight is 201 g/mol. The number of ether oxygens (including phenoxy) is 1. The lowest BCUT2D eigenvalue weighted by atomic mass is 10.4. The van der Waals surface area contributed by atoms with Crippen LogP contribution in [0.4, 0.5) is 0 Å². The van der Waals surface area contributed by atoms with E-state index >= 15 is 0 Å². The molecule has 0 radical (unpaired) electrons. The molecule has 1 fully saturated rings. The van der Waals surface area contributed by atoms with Gasteiger partial charge in [0, 0.05) is 13.0 Å². The minimum atomic E-state index is -0.00352. The minimum Gasteiger partial charge on any atom is -0.369 e. The Morgan fingerprint density at radius 3 is 2.85 bits per heavy atom. The summed E-state index contributed by atoms with van der Waals surface area (Å²) in [7, 11) is 0. The molecule has 1 aliphatic rings. The number of hydrogen-bond donors (Lipinski definition) is 0. The number of likely N-dealkylation sites (tertiary alicyclic amines) is 1. The first-order valence-corrected chi connectivity index (χ1v) is 4.97. The Hall–Kier alpha value is -0.480. The van der Waals surface area contributed by atoms with Crippen molar-refractivity contribution in [3.8, 4) is 0 Å². The van der Waals surface area contributed by atoms with Crippen LogP contribution in [0.5, 0.6) is 0 Å². The fourth-order valence-electron chi connectivity index (χ4n) is 1.23. The van der Waals surface area contributed by atoms with Crippen molar-refractivity contribution in [1.82, 2.24) is 4.90 Å². The van der Waals surface area contributed by atoms with Gasteiger partial charge < -0.3 is 9.64 Å². The average Bonchev–Trinajstić information content (AvgIpc) is 2.47. The number of nitrogens with zero attached hydrogens (tertiary/aromatic N) is 1. The van der Waals surface area contributed by atoms with E-state index in [4.69, 9.17) is 17.0 Å². The smallest absolute Gasteiger partial charge is 0.253 e. The lowest BCUT2D eigenvalue weighted by Crippen LogP contribution is -2.34. The van der Waals surface area contributed by atoms with Crippen LogP contribution < -0.4 is 0 Å². The van der Waals surface area contributed by atoms with Gasteiger partial charge in [-0.05, 0) is 20.3 Å². The highest BCUT2D eigenvalue weighted by Gasteiger charge is 2.22. The number of rotatable bonds is 3. The summed E-state index contributed by atoms with van der Waals surface area (Å²) in [6, 6.07) is 0. The summed E-state index contributed by atoms with van der Waals surface area (Å²) >= 11 is 5.05. The van der Waals surface area contributed by atoms with Crippen LogP contribution in [0.2, 0.25) is 0 Å². The fraction of sp³-hybridized carbons (Fsp3) is 0.778. The Morgan fingerprint density at radius 2 is 2.38 bits per heavy atom. The van der Waals surface area contributed by atoms with Gasteiger partial charge in [-0.2, -0.15) is 0 Å². The van der Waals surface area contributed by atoms with Crippen molar-refractivity contribution in [3.63, 3.8) is 0 Å². The van der Waals surface area contributed by atoms with Gasteiger partial charge in [-0.3, -0.25) is 4.79 Å². The Morgan fingerprint density at radius 1 is 1.69 bits per heavy atom. The van der Waals surface area contributed by atoms with E-state index in [1.165, 1.54) is 0 Å². The molecule has 0 aromatic carbocycles. The van der Waals surface area contributed by atoms with Crippen LogP contribution in [0.3, 0.4) is 0 Å². The molecule has 1 saturated heterocycles. The molecule has 0 atom stereocenters. The van der Waals surface area contributed by atoms with Crippen molar-refractivity contribution in [3.05, 3.63) is 0 Å². The van der Waals surface area contributed by atoms with Crippen LogP contribution >= 0.6 is 12.2 Å². The summed E-state index contributed by atoms with van der Waals surface area (Å²) in [6.07, 6.45) is 1.95. The van der Waals surface area contributed by atoms with Crippen LogP contribution in [-0.4, -0.2) is 35.1 Å². The zero-order valence-corrected chi connectivity index (χ0v) is 8.89. The lowest BCUT2D eigenvalue weighted by molar-refractivity contribution is -0.133. The summed E-state index contributed by atoms with van der Waals surface area (Å²) in [5.74, 6) is -0.00352. The van der Waals surface area contributed by atoms with Crippen LogP contribution in [0, 0.1) is 0 Å². The standard InChI is InChI=1S/C9H15NO2S/c1-7(2)12-6-8(11)10-5-3-4-9(10)13/h7H,3-6H2,1-2H3. The highest BCUT2D eigenvalue weighted by atomic mass is 32.1. The minimum absolute atomic E-state index is 0.00352. The maximum atomic E-state index is 11.5. The Kier molecular flexibility index (Phi) is 3.81. The Bertz CT molecular complexity index is 216. The molecule has 1 rings (SSSR count). The molecule has 0 aromatic rings. The first-order valence-electron chi connectivity index (χ1n) is 4.56. The Labute approximate surface area is 84.0 Å². The molecule has 4 heteroatoms. The summed E-state index contributed by atoms with van der Waals surface area (Å²) in [6.45, 7) is 4.74. The second kappa shape index (κ2) is 4.67. The second-order valence-corrected chi connectivity index (χ2v) is 3.87. The zero-order valence-electron chi connectivity index (χ0n) is 8.08. The quantitative estimate of drug-likeness (QED) is 0.646. The van der Waals surface area contributed by atoms with E-state index in [-0.39, 0.29) is 18.6 Å². The van der Waals surface area contributed by atoms with Crippen LogP contribution in [0.25, 0.3) is 0 Å². The van der Waals surface area contributed by atoms with Crippen molar-refractivity contribution in [2.24, 2.45) is 0 Å². The van der Waals surface area contributed by atoms with E-state index in [9.17, 15) is 4.79 Å². The number of hydrogen-bond acceptors (Lipinski definition) is 3. The highest BCUT2D eigenvalue weighted by molar-refractivity contribution is 7.80. The molecule has 1 amide bonds. The van der Waals surface area contributed by atoms with Gasteiger partial charge in [-0.1, -0.05) is 12.2 Å². The first-order chi connectivity index (χ1) is 6.11. The molecule has 0 aliphatic carbocycles. The van der Waals surface area contributed by atoms with Gasteiger partial charge in [0.1, 0.15) is 6.61 Å². The van der Waals surface area contributed by atoms with E-state index in [0.29, 0.717) is 0 Å². The van der Waals surface area contributed by atoms with E-state index < -0.39 is 0 Å². The molecule has 0 saturated carbocycles. The molecular formula is C9H15NO2S. The van der Waals surface area contributed by atoms with Gasteiger partial charge >= 0.3 is 0 Å². The highest BCUT2D eigenvalue weighted by Crippen LogP contribution is 2.11. The van der Waals surface area contributed by atoms with Crippen LogP contribution in [-0.2, 0) is 9.53 Å². The molecule has 0 aromatic heterocycles. The van der Waals surface area contributed by atoms with Gasteiger partial charge in [0.15, 0.2) is 0 Å². The molecule has 1 aliphatic heterocycles. The van der Waals surface area contributed by atoms with Crippen LogP contribution in [0.1, 0.15) is 26.7 Å². The normalized spacial score (nSPS) is 17.2. The molecule has 0 unspecified atom stereocenters. The molecule has 13 heavy (non-hydrogen) atoms. The second-order valence-electron chi connectivity index (χ2n) is 3.40. The monoisotopic (exact) mass is 201 g/mol. The van der Waals surface area contributed by atoms with Crippen LogP contribution in [0.15, 0.2) is 0 Å². The maximum Gasteiger partial charge on any atom is 0.253 e. The molecular weight excluding hydrogens is 186 g/mol. The van der Waals surface area contributed by atoms with Gasteiger partial charge in [-0.15, -0.1) is 0 Å². The molecule has 0 spiro atoms. The number of thiocarbonyl (C=S) groups is 1. The maximum absolute atomic E-state index is 11.5. The third-order valence-electron chi connectivity index (χ3n) is 1.91. The van der Waals surface area contributed by atoms with Gasteiger partial charge in [0.2, 0.25) is 0 Å². The molecule has 1 heterocycles. The summed E-state index contributed by atoms with van der Waals surface area (Å²) in [5, 5.41) is 0. The van der Waals surface area contributed by atoms with E-state index in [0.717, 1.165) is 24.4 Å². The van der Waals surface area contributed by atoms with Crippen molar-refractivity contribution >= 4 is 23.1 Å². The number of carbonyl (C=O) groups is 1. The predicted molar refractivity (Wildman–Crippen MR) is 54.6 cm³/mol. The van der Waals surface area contributed by atoms with Crippen molar-refractivity contribution in [2.75, 3.05) is 13.2 Å². The van der Waals surface area contributed by atoms with Gasteiger partial charge in [-0.25, -0.2) is 0 Å². The Balaban J connectivity index is 2.34. The van der Waals surface area contributed by atoms with Crippen molar-refractivity contribution in [2.45, 2.75) is 32.8 Å². The van der Waals surface area contributed by atoms with E-state index in [1.54, 1.807) is 4.90 Å². The van der Waals surface area contributed by atoms with Gasteiger partial charge in [0.25, 0.3) is 5.91 Å². The third kappa shape index (κ3) is 3.04. The first kappa shape index (κ1) is 10.6. The van der Waals surface area contributed by atoms with Gasteiger partial charge in [0.05, 0.1) is 11.1 Å². The largest absolute Gasteiger partial charge is 0.369 e. The topological polar surface area (TPSA) is 29.5 Å².